The number of ether oxygens (including phenoxy) is 1. The van der Waals surface area contributed by atoms with E-state index in [1.807, 2.05) is 0 Å². The summed E-state index contributed by atoms with van der Waals surface area (Å²) in [5, 5.41) is -1.95. The highest BCUT2D eigenvalue weighted by Crippen LogP contribution is 2.35. The summed E-state index contributed by atoms with van der Waals surface area (Å²) in [6.45, 7) is 2.44. The molecule has 0 saturated heterocycles. The molecule has 1 atom stereocenters. The van der Waals surface area contributed by atoms with Crippen LogP contribution in [0.3, 0.4) is 0 Å². The van der Waals surface area contributed by atoms with Crippen molar-refractivity contribution in [3.63, 3.8) is 0 Å². The molecule has 0 amide bonds. The quantitative estimate of drug-likeness (QED) is 0.538. The first-order valence-electron chi connectivity index (χ1n) is 3.64. The molecule has 0 aliphatic carbocycles. The number of halogens is 4. The molecule has 2 nitrogen and oxygen atoms in total. The average molecular weight is 219 g/mol. The SMILES string of the molecule is CCC(Cl)(CC(F)(F)F)OC(C)=O. The Kier molecular flexibility index (Phi) is 4.03. The zero-order valence-corrected chi connectivity index (χ0v) is 8.00. The summed E-state index contributed by atoms with van der Waals surface area (Å²) in [6, 6.07) is 0. The summed E-state index contributed by atoms with van der Waals surface area (Å²) in [5.41, 5.74) is 0. The van der Waals surface area contributed by atoms with E-state index < -0.39 is 23.6 Å². The third kappa shape index (κ3) is 5.74. The molecule has 13 heavy (non-hydrogen) atoms. The molecule has 0 bridgehead atoms. The van der Waals surface area contributed by atoms with Crippen molar-refractivity contribution in [2.24, 2.45) is 0 Å². The minimum absolute atomic E-state index is 0.0896. The van der Waals surface area contributed by atoms with Gasteiger partial charge in [-0.1, -0.05) is 18.5 Å². The van der Waals surface area contributed by atoms with Crippen LogP contribution in [0.25, 0.3) is 0 Å². The molecule has 0 aromatic rings. The first-order chi connectivity index (χ1) is 5.68. The van der Waals surface area contributed by atoms with Crippen molar-refractivity contribution in [3.05, 3.63) is 0 Å². The summed E-state index contributed by atoms with van der Waals surface area (Å²) < 4.78 is 40.1. The van der Waals surface area contributed by atoms with Crippen molar-refractivity contribution in [1.82, 2.24) is 0 Å². The van der Waals surface area contributed by atoms with Gasteiger partial charge in [-0.2, -0.15) is 13.2 Å². The second-order valence-electron chi connectivity index (χ2n) is 2.62. The molecule has 0 saturated carbocycles. The molecule has 0 N–H and O–H groups in total. The molecule has 78 valence electrons. The number of hydrogen-bond donors (Lipinski definition) is 0. The van der Waals surface area contributed by atoms with E-state index in [0.717, 1.165) is 6.92 Å². The van der Waals surface area contributed by atoms with E-state index in [1.54, 1.807) is 0 Å². The highest BCUT2D eigenvalue weighted by atomic mass is 35.5. The van der Waals surface area contributed by atoms with Crippen LogP contribution in [0.4, 0.5) is 13.2 Å². The number of hydrogen-bond acceptors (Lipinski definition) is 2. The Hall–Kier alpha value is -0.450. The fraction of sp³-hybridized carbons (Fsp3) is 0.857. The van der Waals surface area contributed by atoms with Gasteiger partial charge in [0.05, 0.1) is 6.42 Å². The normalized spacial score (nSPS) is 16.5. The van der Waals surface area contributed by atoms with Gasteiger partial charge < -0.3 is 4.74 Å². The lowest BCUT2D eigenvalue weighted by atomic mass is 10.2. The molecule has 0 aromatic carbocycles. The molecular formula is C7H10ClF3O2. The lowest BCUT2D eigenvalue weighted by Crippen LogP contribution is -2.33. The standard InChI is InChI=1S/C7H10ClF3O2/c1-3-6(8,13-5(2)12)4-7(9,10)11/h3-4H2,1-2H3. The second-order valence-corrected chi connectivity index (χ2v) is 3.31. The topological polar surface area (TPSA) is 26.3 Å². The smallest absolute Gasteiger partial charge is 0.394 e. The summed E-state index contributed by atoms with van der Waals surface area (Å²) >= 11 is 5.44. The summed E-state index contributed by atoms with van der Waals surface area (Å²) in [7, 11) is 0. The highest BCUT2D eigenvalue weighted by Gasteiger charge is 2.42. The van der Waals surface area contributed by atoms with Gasteiger partial charge in [-0.3, -0.25) is 4.79 Å². The van der Waals surface area contributed by atoms with Gasteiger partial charge >= 0.3 is 12.1 Å². The van der Waals surface area contributed by atoms with Gasteiger partial charge in [0.15, 0.2) is 5.06 Å². The van der Waals surface area contributed by atoms with Crippen molar-refractivity contribution < 1.29 is 22.7 Å². The van der Waals surface area contributed by atoms with Crippen LogP contribution in [-0.2, 0) is 9.53 Å². The van der Waals surface area contributed by atoms with Crippen molar-refractivity contribution in [2.75, 3.05) is 0 Å². The first-order valence-corrected chi connectivity index (χ1v) is 4.01. The summed E-state index contributed by atoms with van der Waals surface area (Å²) in [6.07, 6.45) is -5.86. The molecular weight excluding hydrogens is 209 g/mol. The molecule has 0 rings (SSSR count). The van der Waals surface area contributed by atoms with Crippen molar-refractivity contribution in [2.45, 2.75) is 37.9 Å². The summed E-state index contributed by atoms with van der Waals surface area (Å²) in [4.78, 5) is 10.4. The zero-order chi connectivity index (χ0) is 10.7. The van der Waals surface area contributed by atoms with Crippen molar-refractivity contribution in [3.8, 4) is 0 Å². The maximum absolute atomic E-state index is 11.9. The largest absolute Gasteiger partial charge is 0.443 e. The number of rotatable bonds is 3. The van der Waals surface area contributed by atoms with Crippen LogP contribution >= 0.6 is 11.6 Å². The maximum atomic E-state index is 11.9. The van der Waals surface area contributed by atoms with Crippen molar-refractivity contribution >= 4 is 17.6 Å². The van der Waals surface area contributed by atoms with Gasteiger partial charge in [0.25, 0.3) is 0 Å². The van der Waals surface area contributed by atoms with Crippen LogP contribution in [0.2, 0.25) is 0 Å². The Balaban J connectivity index is 4.36. The molecule has 6 heteroatoms. The Morgan fingerprint density at radius 1 is 1.46 bits per heavy atom. The zero-order valence-electron chi connectivity index (χ0n) is 7.24. The molecule has 0 aromatic heterocycles. The fourth-order valence-electron chi connectivity index (χ4n) is 0.790. The Bertz CT molecular complexity index is 193. The Morgan fingerprint density at radius 3 is 2.15 bits per heavy atom. The number of esters is 1. The average Bonchev–Trinajstić information content (AvgIpc) is 1.81. The van der Waals surface area contributed by atoms with Crippen LogP contribution < -0.4 is 0 Å². The number of carbonyl (C=O) groups excluding carboxylic acids is 1. The predicted molar refractivity (Wildman–Crippen MR) is 41.3 cm³/mol. The van der Waals surface area contributed by atoms with Crippen molar-refractivity contribution in [1.29, 1.82) is 0 Å². The maximum Gasteiger partial charge on any atom is 0.394 e. The van der Waals surface area contributed by atoms with E-state index in [9.17, 15) is 18.0 Å². The van der Waals surface area contributed by atoms with Crippen LogP contribution in [-0.4, -0.2) is 17.2 Å². The minimum Gasteiger partial charge on any atom is -0.443 e. The summed E-state index contributed by atoms with van der Waals surface area (Å²) in [5.74, 6) is -0.818. The Morgan fingerprint density at radius 2 is 1.92 bits per heavy atom. The third-order valence-electron chi connectivity index (χ3n) is 1.32. The minimum atomic E-state index is -4.44. The van der Waals surface area contributed by atoms with Gasteiger partial charge in [-0.25, -0.2) is 0 Å². The van der Waals surface area contributed by atoms with Crippen LogP contribution in [0.15, 0.2) is 0 Å². The van der Waals surface area contributed by atoms with E-state index in [4.69, 9.17) is 11.6 Å². The van der Waals surface area contributed by atoms with E-state index in [0.29, 0.717) is 0 Å². The molecule has 0 radical (unpaired) electrons. The highest BCUT2D eigenvalue weighted by molar-refractivity contribution is 6.23. The molecule has 0 aliphatic heterocycles. The number of carbonyl (C=O) groups is 1. The molecule has 0 spiro atoms. The molecule has 0 fully saturated rings. The molecule has 0 heterocycles. The molecule has 1 unspecified atom stereocenters. The molecule has 0 aliphatic rings. The van der Waals surface area contributed by atoms with E-state index in [-0.39, 0.29) is 6.42 Å². The monoisotopic (exact) mass is 218 g/mol. The van der Waals surface area contributed by atoms with Crippen LogP contribution in [0.5, 0.6) is 0 Å². The second kappa shape index (κ2) is 4.17. The van der Waals surface area contributed by atoms with Gasteiger partial charge in [-0.05, 0) is 6.42 Å². The Labute approximate surface area is 79.0 Å². The van der Waals surface area contributed by atoms with E-state index >= 15 is 0 Å². The third-order valence-corrected chi connectivity index (χ3v) is 1.80. The first kappa shape index (κ1) is 12.6. The van der Waals surface area contributed by atoms with Gasteiger partial charge in [0.2, 0.25) is 0 Å². The van der Waals surface area contributed by atoms with Gasteiger partial charge in [0, 0.05) is 6.92 Å². The van der Waals surface area contributed by atoms with Crippen LogP contribution in [0, 0.1) is 0 Å². The van der Waals surface area contributed by atoms with E-state index in [1.165, 1.54) is 6.92 Å². The number of alkyl halides is 4. The van der Waals surface area contributed by atoms with Crippen LogP contribution in [0.1, 0.15) is 26.7 Å². The lowest BCUT2D eigenvalue weighted by Gasteiger charge is -2.25. The lowest BCUT2D eigenvalue weighted by molar-refractivity contribution is -0.178. The fourth-order valence-corrected chi connectivity index (χ4v) is 1.05. The van der Waals surface area contributed by atoms with Gasteiger partial charge in [-0.15, -0.1) is 0 Å². The van der Waals surface area contributed by atoms with E-state index in [2.05, 4.69) is 4.74 Å². The van der Waals surface area contributed by atoms with Gasteiger partial charge in [0.1, 0.15) is 0 Å². The predicted octanol–water partition coefficient (Wildman–Crippen LogP) is 2.85.